The molecule has 122 valence electrons. The smallest absolute Gasteiger partial charge is 0.188 e. The first kappa shape index (κ1) is 15.5. The third kappa shape index (κ3) is 3.56. The number of thiazole rings is 1. The summed E-state index contributed by atoms with van der Waals surface area (Å²) < 4.78 is 0. The minimum absolute atomic E-state index is 0.799. The molecule has 5 heteroatoms. The van der Waals surface area contributed by atoms with E-state index in [1.54, 1.807) is 17.5 Å². The van der Waals surface area contributed by atoms with Gasteiger partial charge in [-0.05, 0) is 36.2 Å². The van der Waals surface area contributed by atoms with Gasteiger partial charge in [-0.15, -0.1) is 11.3 Å². The average Bonchev–Trinajstić information content (AvgIpc) is 3.11. The van der Waals surface area contributed by atoms with Gasteiger partial charge in [0.15, 0.2) is 5.13 Å². The topological polar surface area (TPSA) is 50.7 Å². The molecule has 3 aromatic heterocycles. The summed E-state index contributed by atoms with van der Waals surface area (Å²) in [5.41, 5.74) is 5.14. The molecule has 0 fully saturated rings. The van der Waals surface area contributed by atoms with Gasteiger partial charge in [0.25, 0.3) is 0 Å². The molecule has 0 aliphatic heterocycles. The summed E-state index contributed by atoms with van der Waals surface area (Å²) in [5.74, 6) is 0.799. The van der Waals surface area contributed by atoms with E-state index in [-0.39, 0.29) is 0 Å². The second kappa shape index (κ2) is 6.83. The zero-order chi connectivity index (χ0) is 17.1. The highest BCUT2D eigenvalue weighted by Gasteiger charge is 2.07. The van der Waals surface area contributed by atoms with Crippen LogP contribution < -0.4 is 5.32 Å². The summed E-state index contributed by atoms with van der Waals surface area (Å²) in [6.45, 7) is 2.04. The lowest BCUT2D eigenvalue weighted by Crippen LogP contribution is -1.93. The van der Waals surface area contributed by atoms with Crippen LogP contribution in [0.3, 0.4) is 0 Å². The van der Waals surface area contributed by atoms with Crippen molar-refractivity contribution in [2.45, 2.75) is 6.92 Å². The first-order valence-corrected chi connectivity index (χ1v) is 8.83. The van der Waals surface area contributed by atoms with Gasteiger partial charge in [-0.1, -0.05) is 36.4 Å². The lowest BCUT2D eigenvalue weighted by Gasteiger charge is -2.03. The van der Waals surface area contributed by atoms with Crippen molar-refractivity contribution in [1.29, 1.82) is 0 Å². The van der Waals surface area contributed by atoms with Gasteiger partial charge >= 0.3 is 0 Å². The largest absolute Gasteiger partial charge is 0.316 e. The molecule has 4 rings (SSSR count). The molecule has 4 aromatic rings. The second-order valence-corrected chi connectivity index (χ2v) is 6.54. The Kier molecular flexibility index (Phi) is 4.23. The lowest BCUT2D eigenvalue weighted by atomic mass is 10.1. The first-order chi connectivity index (χ1) is 12.3. The number of aromatic nitrogens is 3. The number of aryl methyl sites for hydroxylation is 1. The molecule has 0 atom stereocenters. The summed E-state index contributed by atoms with van der Waals surface area (Å²) >= 11 is 1.54. The predicted octanol–water partition coefficient (Wildman–Crippen LogP) is 5.32. The molecule has 25 heavy (non-hydrogen) atoms. The quantitative estimate of drug-likeness (QED) is 0.544. The van der Waals surface area contributed by atoms with E-state index < -0.39 is 0 Å². The van der Waals surface area contributed by atoms with Crippen LogP contribution in [0.4, 0.5) is 10.9 Å². The van der Waals surface area contributed by atoms with Gasteiger partial charge in [0.05, 0.1) is 5.69 Å². The maximum atomic E-state index is 4.61. The van der Waals surface area contributed by atoms with E-state index in [4.69, 9.17) is 0 Å². The Labute approximate surface area is 150 Å². The number of pyridine rings is 2. The highest BCUT2D eigenvalue weighted by Crippen LogP contribution is 2.27. The van der Waals surface area contributed by atoms with Gasteiger partial charge < -0.3 is 5.32 Å². The van der Waals surface area contributed by atoms with Crippen LogP contribution in [0.15, 0.2) is 72.4 Å². The minimum Gasteiger partial charge on any atom is -0.316 e. The number of rotatable bonds is 4. The van der Waals surface area contributed by atoms with Gasteiger partial charge in [-0.3, -0.25) is 4.98 Å². The number of hydrogen-bond donors (Lipinski definition) is 1. The normalized spacial score (nSPS) is 10.6. The molecule has 3 heterocycles. The maximum Gasteiger partial charge on any atom is 0.188 e. The first-order valence-electron chi connectivity index (χ1n) is 7.95. The van der Waals surface area contributed by atoms with Crippen molar-refractivity contribution in [2.75, 3.05) is 5.32 Å². The summed E-state index contributed by atoms with van der Waals surface area (Å²) in [4.78, 5) is 13.5. The molecule has 0 radical (unpaired) electrons. The predicted molar refractivity (Wildman–Crippen MR) is 103 cm³/mol. The molecule has 1 aromatic carbocycles. The van der Waals surface area contributed by atoms with Crippen LogP contribution in [-0.2, 0) is 0 Å². The Morgan fingerprint density at radius 2 is 1.76 bits per heavy atom. The Morgan fingerprint density at radius 1 is 0.880 bits per heavy atom. The van der Waals surface area contributed by atoms with Crippen LogP contribution in [-0.4, -0.2) is 15.0 Å². The molecule has 0 saturated heterocycles. The summed E-state index contributed by atoms with van der Waals surface area (Å²) in [7, 11) is 0. The fourth-order valence-corrected chi connectivity index (χ4v) is 3.22. The van der Waals surface area contributed by atoms with Crippen LogP contribution in [0.25, 0.3) is 22.5 Å². The van der Waals surface area contributed by atoms with E-state index in [0.717, 1.165) is 39.0 Å². The molecule has 0 aliphatic rings. The Morgan fingerprint density at radius 3 is 2.52 bits per heavy atom. The third-order valence-electron chi connectivity index (χ3n) is 3.79. The van der Waals surface area contributed by atoms with E-state index in [0.29, 0.717) is 0 Å². The summed E-state index contributed by atoms with van der Waals surface area (Å²) in [5, 5.41) is 6.05. The van der Waals surface area contributed by atoms with E-state index in [1.165, 1.54) is 0 Å². The van der Waals surface area contributed by atoms with E-state index >= 15 is 0 Å². The van der Waals surface area contributed by atoms with Crippen molar-refractivity contribution in [3.8, 4) is 22.5 Å². The molecule has 0 saturated carbocycles. The maximum absolute atomic E-state index is 4.61. The molecule has 1 N–H and O–H groups in total. The molecule has 4 nitrogen and oxygen atoms in total. The Balaban J connectivity index is 1.54. The van der Waals surface area contributed by atoms with E-state index in [9.17, 15) is 0 Å². The van der Waals surface area contributed by atoms with Crippen molar-refractivity contribution < 1.29 is 0 Å². The van der Waals surface area contributed by atoms with E-state index in [2.05, 4.69) is 38.5 Å². The molecule has 0 spiro atoms. The number of benzene rings is 1. The van der Waals surface area contributed by atoms with Crippen LogP contribution in [0.1, 0.15) is 5.56 Å². The van der Waals surface area contributed by atoms with Crippen LogP contribution in [0.5, 0.6) is 0 Å². The molecule has 0 amide bonds. The zero-order valence-corrected chi connectivity index (χ0v) is 14.5. The van der Waals surface area contributed by atoms with Crippen LogP contribution in [0, 0.1) is 6.92 Å². The summed E-state index contributed by atoms with van der Waals surface area (Å²) in [6.07, 6.45) is 3.68. The fraction of sp³-hybridized carbons (Fsp3) is 0.0500. The Hall–Kier alpha value is -3.05. The van der Waals surface area contributed by atoms with Crippen molar-refractivity contribution in [1.82, 2.24) is 15.0 Å². The van der Waals surface area contributed by atoms with Gasteiger partial charge in [0.2, 0.25) is 0 Å². The molecule has 0 unspecified atom stereocenters. The zero-order valence-electron chi connectivity index (χ0n) is 13.7. The van der Waals surface area contributed by atoms with E-state index in [1.807, 2.05) is 54.9 Å². The number of hydrogen-bond acceptors (Lipinski definition) is 5. The highest BCUT2D eigenvalue weighted by atomic mass is 32.1. The fourth-order valence-electron chi connectivity index (χ4n) is 2.51. The third-order valence-corrected chi connectivity index (χ3v) is 4.55. The monoisotopic (exact) mass is 344 g/mol. The van der Waals surface area contributed by atoms with Gasteiger partial charge in [-0.25, -0.2) is 9.97 Å². The second-order valence-electron chi connectivity index (χ2n) is 5.68. The SMILES string of the molecule is Cc1ccnc(Nc2nc(-c3ccc(-c4ccccc4)cn3)cs2)c1. The van der Waals surface area contributed by atoms with Gasteiger partial charge in [-0.2, -0.15) is 0 Å². The standard InChI is InChI=1S/C20H16N4S/c1-14-9-10-21-19(11-14)24-20-23-18(13-25-20)17-8-7-16(12-22-17)15-5-3-2-4-6-15/h2-13H,1H3,(H,21,23,24). The van der Waals surface area contributed by atoms with Crippen molar-refractivity contribution in [3.63, 3.8) is 0 Å². The van der Waals surface area contributed by atoms with Crippen molar-refractivity contribution in [2.24, 2.45) is 0 Å². The number of anilines is 2. The Bertz CT molecular complexity index is 978. The summed E-state index contributed by atoms with van der Waals surface area (Å²) in [6, 6.07) is 18.3. The molecular weight excluding hydrogens is 328 g/mol. The van der Waals surface area contributed by atoms with Gasteiger partial charge in [0.1, 0.15) is 11.5 Å². The minimum atomic E-state index is 0.799. The van der Waals surface area contributed by atoms with Crippen LogP contribution in [0.2, 0.25) is 0 Å². The number of nitrogens with zero attached hydrogens (tertiary/aromatic N) is 3. The molecular formula is C20H16N4S. The van der Waals surface area contributed by atoms with Crippen molar-refractivity contribution in [3.05, 3.63) is 77.9 Å². The average molecular weight is 344 g/mol. The van der Waals surface area contributed by atoms with Gasteiger partial charge in [0, 0.05) is 23.3 Å². The molecule has 0 aliphatic carbocycles. The number of nitrogens with one attached hydrogen (secondary N) is 1. The lowest BCUT2D eigenvalue weighted by molar-refractivity contribution is 1.25. The molecule has 0 bridgehead atoms. The van der Waals surface area contributed by atoms with Crippen LogP contribution >= 0.6 is 11.3 Å². The highest BCUT2D eigenvalue weighted by molar-refractivity contribution is 7.14. The van der Waals surface area contributed by atoms with Crippen molar-refractivity contribution >= 4 is 22.3 Å².